The summed E-state index contributed by atoms with van der Waals surface area (Å²) in [7, 11) is 1.80. The van der Waals surface area contributed by atoms with Crippen molar-refractivity contribution in [2.45, 2.75) is 25.8 Å². The maximum Gasteiger partial charge on any atom is 0.254 e. The molecule has 1 fully saturated rings. The Hall–Kier alpha value is -1.91. The van der Waals surface area contributed by atoms with Gasteiger partial charge in [0, 0.05) is 51.1 Å². The van der Waals surface area contributed by atoms with Crippen molar-refractivity contribution in [2.24, 2.45) is 0 Å². The van der Waals surface area contributed by atoms with Gasteiger partial charge in [0.2, 0.25) is 5.91 Å². The molecule has 5 heteroatoms. The Bertz CT molecular complexity index is 461. The van der Waals surface area contributed by atoms with E-state index < -0.39 is 0 Å². The average Bonchev–Trinajstić information content (AvgIpc) is 2.46. The third-order valence-electron chi connectivity index (χ3n) is 3.64. The van der Waals surface area contributed by atoms with Crippen molar-refractivity contribution in [3.63, 3.8) is 0 Å². The van der Waals surface area contributed by atoms with Crippen LogP contribution in [0.5, 0.6) is 0 Å². The van der Waals surface area contributed by atoms with E-state index in [1.165, 1.54) is 0 Å². The molecule has 0 spiro atoms. The molecular formula is C14H19N3O2. The number of likely N-dealkylation sites (tertiary alicyclic amines) is 1. The average molecular weight is 261 g/mol. The molecule has 19 heavy (non-hydrogen) atoms. The topological polar surface area (TPSA) is 53.5 Å². The predicted molar refractivity (Wildman–Crippen MR) is 71.6 cm³/mol. The first-order valence-electron chi connectivity index (χ1n) is 6.52. The van der Waals surface area contributed by atoms with E-state index in [4.69, 9.17) is 0 Å². The number of hydrogen-bond donors (Lipinski definition) is 0. The number of likely N-dealkylation sites (N-methyl/N-ethyl adjacent to an activating group) is 1. The zero-order valence-electron chi connectivity index (χ0n) is 11.4. The summed E-state index contributed by atoms with van der Waals surface area (Å²) in [5, 5.41) is 0. The lowest BCUT2D eigenvalue weighted by Crippen LogP contribution is -2.49. The first-order valence-corrected chi connectivity index (χ1v) is 6.52. The zero-order valence-corrected chi connectivity index (χ0v) is 11.4. The molecule has 2 heterocycles. The molecule has 0 bridgehead atoms. The van der Waals surface area contributed by atoms with E-state index in [1.54, 1.807) is 43.4 Å². The summed E-state index contributed by atoms with van der Waals surface area (Å²) in [5.74, 6) is 0.0623. The van der Waals surface area contributed by atoms with Crippen LogP contribution in [0.25, 0.3) is 0 Å². The smallest absolute Gasteiger partial charge is 0.254 e. The molecule has 1 aromatic rings. The molecule has 2 amide bonds. The van der Waals surface area contributed by atoms with Crippen LogP contribution in [0.4, 0.5) is 0 Å². The van der Waals surface area contributed by atoms with Gasteiger partial charge in [-0.25, -0.2) is 0 Å². The number of carbonyl (C=O) groups excluding carboxylic acids is 2. The second-order valence-corrected chi connectivity index (χ2v) is 4.91. The van der Waals surface area contributed by atoms with Gasteiger partial charge in [-0.1, -0.05) is 0 Å². The first kappa shape index (κ1) is 13.5. The van der Waals surface area contributed by atoms with Crippen molar-refractivity contribution in [1.82, 2.24) is 14.8 Å². The van der Waals surface area contributed by atoms with Crippen LogP contribution in [0.1, 0.15) is 30.1 Å². The highest BCUT2D eigenvalue weighted by Crippen LogP contribution is 2.16. The fraction of sp³-hybridized carbons (Fsp3) is 0.500. The van der Waals surface area contributed by atoms with Crippen LogP contribution in [0, 0.1) is 0 Å². The minimum atomic E-state index is -0.0159. The molecule has 1 aliphatic rings. The monoisotopic (exact) mass is 261 g/mol. The SMILES string of the molecule is CC(=O)N1CCCC(N(C)C(=O)c2ccncc2)C1. The molecule has 0 aromatic carbocycles. The lowest BCUT2D eigenvalue weighted by Gasteiger charge is -2.37. The molecule has 0 saturated carbocycles. The van der Waals surface area contributed by atoms with Crippen molar-refractivity contribution < 1.29 is 9.59 Å². The lowest BCUT2D eigenvalue weighted by molar-refractivity contribution is -0.130. The van der Waals surface area contributed by atoms with E-state index in [2.05, 4.69) is 4.98 Å². The van der Waals surface area contributed by atoms with Crippen molar-refractivity contribution in [1.29, 1.82) is 0 Å². The van der Waals surface area contributed by atoms with Crippen LogP contribution < -0.4 is 0 Å². The van der Waals surface area contributed by atoms with E-state index >= 15 is 0 Å². The fourth-order valence-electron chi connectivity index (χ4n) is 2.42. The number of hydrogen-bond acceptors (Lipinski definition) is 3. The van der Waals surface area contributed by atoms with Crippen molar-refractivity contribution >= 4 is 11.8 Å². The van der Waals surface area contributed by atoms with Crippen LogP contribution in [0.15, 0.2) is 24.5 Å². The lowest BCUT2D eigenvalue weighted by atomic mass is 10.0. The van der Waals surface area contributed by atoms with Gasteiger partial charge in [-0.15, -0.1) is 0 Å². The second-order valence-electron chi connectivity index (χ2n) is 4.91. The Kier molecular flexibility index (Phi) is 4.14. The third-order valence-corrected chi connectivity index (χ3v) is 3.64. The van der Waals surface area contributed by atoms with Crippen LogP contribution in [0.2, 0.25) is 0 Å². The molecule has 0 aliphatic carbocycles. The van der Waals surface area contributed by atoms with Crippen molar-refractivity contribution in [3.05, 3.63) is 30.1 Å². The van der Waals surface area contributed by atoms with Gasteiger partial charge in [-0.05, 0) is 25.0 Å². The number of amides is 2. The second kappa shape index (κ2) is 5.82. The van der Waals surface area contributed by atoms with Gasteiger partial charge in [0.05, 0.1) is 0 Å². The summed E-state index contributed by atoms with van der Waals surface area (Å²) >= 11 is 0. The molecule has 5 nitrogen and oxygen atoms in total. The highest BCUT2D eigenvalue weighted by atomic mass is 16.2. The summed E-state index contributed by atoms with van der Waals surface area (Å²) < 4.78 is 0. The van der Waals surface area contributed by atoms with Crippen molar-refractivity contribution in [3.8, 4) is 0 Å². The zero-order chi connectivity index (χ0) is 13.8. The van der Waals surface area contributed by atoms with Gasteiger partial charge in [-0.3, -0.25) is 14.6 Å². The molecule has 0 radical (unpaired) electrons. The van der Waals surface area contributed by atoms with Crippen LogP contribution >= 0.6 is 0 Å². The summed E-state index contributed by atoms with van der Waals surface area (Å²) in [6.07, 6.45) is 5.11. The molecule has 1 atom stereocenters. The molecule has 1 aromatic heterocycles. The predicted octanol–water partition coefficient (Wildman–Crippen LogP) is 1.16. The Labute approximate surface area is 113 Å². The van der Waals surface area contributed by atoms with E-state index in [0.717, 1.165) is 19.4 Å². The van der Waals surface area contributed by atoms with Crippen molar-refractivity contribution in [2.75, 3.05) is 20.1 Å². The van der Waals surface area contributed by atoms with Gasteiger partial charge >= 0.3 is 0 Å². The number of nitrogens with zero attached hydrogens (tertiary/aromatic N) is 3. The Balaban J connectivity index is 2.05. The first-order chi connectivity index (χ1) is 9.09. The third kappa shape index (κ3) is 3.10. The Morgan fingerprint density at radius 2 is 2.05 bits per heavy atom. The van der Waals surface area contributed by atoms with Gasteiger partial charge in [0.25, 0.3) is 5.91 Å². The Morgan fingerprint density at radius 3 is 2.68 bits per heavy atom. The number of aromatic nitrogens is 1. The van der Waals surface area contributed by atoms with Crippen LogP contribution in [-0.4, -0.2) is 52.8 Å². The standard InChI is InChI=1S/C14H19N3O2/c1-11(18)17-9-3-4-13(10-17)16(2)14(19)12-5-7-15-8-6-12/h5-8,13H,3-4,9-10H2,1-2H3. The molecule has 102 valence electrons. The maximum atomic E-state index is 12.3. The van der Waals surface area contributed by atoms with E-state index in [0.29, 0.717) is 12.1 Å². The highest BCUT2D eigenvalue weighted by Gasteiger charge is 2.27. The number of piperidine rings is 1. The van der Waals surface area contributed by atoms with E-state index in [-0.39, 0.29) is 17.9 Å². The summed E-state index contributed by atoms with van der Waals surface area (Å²) in [6, 6.07) is 3.52. The largest absolute Gasteiger partial charge is 0.341 e. The quantitative estimate of drug-likeness (QED) is 0.803. The molecule has 2 rings (SSSR count). The summed E-state index contributed by atoms with van der Waals surface area (Å²) in [6.45, 7) is 3.00. The van der Waals surface area contributed by atoms with Crippen LogP contribution in [0.3, 0.4) is 0 Å². The van der Waals surface area contributed by atoms with Gasteiger partial charge < -0.3 is 9.80 Å². The minimum absolute atomic E-state index is 0.0159. The number of rotatable bonds is 2. The molecule has 0 N–H and O–H groups in total. The summed E-state index contributed by atoms with van der Waals surface area (Å²) in [5.41, 5.74) is 0.637. The van der Waals surface area contributed by atoms with E-state index in [1.807, 2.05) is 4.90 Å². The maximum absolute atomic E-state index is 12.3. The molecular weight excluding hydrogens is 242 g/mol. The van der Waals surface area contributed by atoms with Gasteiger partial charge in [0.1, 0.15) is 0 Å². The number of pyridine rings is 1. The fourth-order valence-corrected chi connectivity index (χ4v) is 2.42. The minimum Gasteiger partial charge on any atom is -0.341 e. The van der Waals surface area contributed by atoms with Gasteiger partial charge in [-0.2, -0.15) is 0 Å². The number of carbonyl (C=O) groups is 2. The van der Waals surface area contributed by atoms with Crippen LogP contribution in [-0.2, 0) is 4.79 Å². The van der Waals surface area contributed by atoms with Gasteiger partial charge in [0.15, 0.2) is 0 Å². The molecule has 1 aliphatic heterocycles. The summed E-state index contributed by atoms with van der Waals surface area (Å²) in [4.78, 5) is 31.2. The highest BCUT2D eigenvalue weighted by molar-refractivity contribution is 5.94. The molecule has 1 unspecified atom stereocenters. The molecule has 1 saturated heterocycles. The Morgan fingerprint density at radius 1 is 1.37 bits per heavy atom. The normalized spacial score (nSPS) is 19.1. The van der Waals surface area contributed by atoms with E-state index in [9.17, 15) is 9.59 Å².